The predicted molar refractivity (Wildman–Crippen MR) is 90.6 cm³/mol. The highest BCUT2D eigenvalue weighted by Gasteiger charge is 2.09. The Bertz CT molecular complexity index is 583. The zero-order valence-corrected chi connectivity index (χ0v) is 13.5. The minimum Gasteiger partial charge on any atom is -0.489 e. The molecule has 0 bridgehead atoms. The molecule has 0 N–H and O–H groups in total. The van der Waals surface area contributed by atoms with Crippen molar-refractivity contribution in [3.63, 3.8) is 0 Å². The van der Waals surface area contributed by atoms with Gasteiger partial charge in [0.15, 0.2) is 0 Å². The molecule has 4 heteroatoms. The first-order chi connectivity index (χ1) is 11.4. The van der Waals surface area contributed by atoms with Gasteiger partial charge in [-0.15, -0.1) is 0 Å². The number of hydrogen-bond donors (Lipinski definition) is 0. The van der Waals surface area contributed by atoms with Crippen molar-refractivity contribution >= 4 is 0 Å². The Morgan fingerprint density at radius 2 is 1.96 bits per heavy atom. The summed E-state index contributed by atoms with van der Waals surface area (Å²) in [5.41, 5.74) is 2.42. The summed E-state index contributed by atoms with van der Waals surface area (Å²) in [7, 11) is 0. The number of ether oxygens (including phenoxy) is 2. The molecule has 1 aromatic heterocycles. The summed E-state index contributed by atoms with van der Waals surface area (Å²) in [5, 5.41) is 0. The Balaban J connectivity index is 1.45. The lowest BCUT2D eigenvalue weighted by atomic mass is 10.1. The standard InChI is InChI=1S/C19H24N2O2/c1-4-17(6-3-9-21-10-12-22-13-11-21)14-19(7-1)23-16-18-5-2-8-20-15-18/h1-2,4-5,7-8,14-15H,3,6,9-13,16H2. The van der Waals surface area contributed by atoms with Crippen LogP contribution >= 0.6 is 0 Å². The minimum atomic E-state index is 0.561. The SMILES string of the molecule is c1cncc(COc2cccc(CCCN3CCOCC3)c2)c1. The van der Waals surface area contributed by atoms with Crippen molar-refractivity contribution in [2.75, 3.05) is 32.8 Å². The molecule has 1 saturated heterocycles. The van der Waals surface area contributed by atoms with Crippen molar-refractivity contribution in [3.8, 4) is 5.75 Å². The number of aromatic nitrogens is 1. The summed E-state index contributed by atoms with van der Waals surface area (Å²) in [6.07, 6.45) is 5.87. The number of nitrogens with zero attached hydrogens (tertiary/aromatic N) is 2. The zero-order valence-electron chi connectivity index (χ0n) is 13.5. The molecular formula is C19H24N2O2. The van der Waals surface area contributed by atoms with Crippen LogP contribution in [-0.2, 0) is 17.8 Å². The molecular weight excluding hydrogens is 288 g/mol. The van der Waals surface area contributed by atoms with Crippen LogP contribution in [0.4, 0.5) is 0 Å². The third-order valence-electron chi connectivity index (χ3n) is 4.07. The molecule has 1 aromatic carbocycles. The highest BCUT2D eigenvalue weighted by Crippen LogP contribution is 2.16. The van der Waals surface area contributed by atoms with Gasteiger partial charge in [-0.3, -0.25) is 9.88 Å². The van der Waals surface area contributed by atoms with Crippen molar-refractivity contribution < 1.29 is 9.47 Å². The van der Waals surface area contributed by atoms with Crippen LogP contribution in [0.5, 0.6) is 5.75 Å². The topological polar surface area (TPSA) is 34.6 Å². The fraction of sp³-hybridized carbons (Fsp3) is 0.421. The average Bonchev–Trinajstić information content (AvgIpc) is 2.62. The Morgan fingerprint density at radius 1 is 1.09 bits per heavy atom. The average molecular weight is 312 g/mol. The van der Waals surface area contributed by atoms with Gasteiger partial charge in [0, 0.05) is 31.0 Å². The quantitative estimate of drug-likeness (QED) is 0.787. The molecule has 3 rings (SSSR count). The van der Waals surface area contributed by atoms with Crippen LogP contribution in [0.15, 0.2) is 48.8 Å². The van der Waals surface area contributed by atoms with Crippen LogP contribution in [0, 0.1) is 0 Å². The molecule has 2 heterocycles. The van der Waals surface area contributed by atoms with E-state index in [1.165, 1.54) is 12.0 Å². The first kappa shape index (κ1) is 16.0. The van der Waals surface area contributed by atoms with Crippen LogP contribution < -0.4 is 4.74 Å². The van der Waals surface area contributed by atoms with E-state index in [1.54, 1.807) is 6.20 Å². The number of aryl methyl sites for hydroxylation is 1. The third kappa shape index (κ3) is 5.34. The fourth-order valence-corrected chi connectivity index (χ4v) is 2.77. The Hall–Kier alpha value is -1.91. The lowest BCUT2D eigenvalue weighted by molar-refractivity contribution is 0.0374. The van der Waals surface area contributed by atoms with Crippen molar-refractivity contribution in [3.05, 3.63) is 59.9 Å². The van der Waals surface area contributed by atoms with Crippen LogP contribution in [-0.4, -0.2) is 42.7 Å². The molecule has 0 unspecified atom stereocenters. The Labute approximate surface area is 138 Å². The van der Waals surface area contributed by atoms with Gasteiger partial charge in [-0.2, -0.15) is 0 Å². The molecule has 1 fully saturated rings. The molecule has 1 aliphatic rings. The van der Waals surface area contributed by atoms with E-state index in [-0.39, 0.29) is 0 Å². The maximum atomic E-state index is 5.86. The molecule has 0 radical (unpaired) electrons. The smallest absolute Gasteiger partial charge is 0.120 e. The maximum Gasteiger partial charge on any atom is 0.120 e. The molecule has 122 valence electrons. The van der Waals surface area contributed by atoms with Crippen LogP contribution in [0.1, 0.15) is 17.5 Å². The van der Waals surface area contributed by atoms with Gasteiger partial charge in [-0.05, 0) is 43.1 Å². The van der Waals surface area contributed by atoms with Crippen molar-refractivity contribution in [2.45, 2.75) is 19.4 Å². The van der Waals surface area contributed by atoms with Crippen LogP contribution in [0.3, 0.4) is 0 Å². The lowest BCUT2D eigenvalue weighted by Gasteiger charge is -2.26. The molecule has 0 atom stereocenters. The van der Waals surface area contributed by atoms with Gasteiger partial charge < -0.3 is 9.47 Å². The van der Waals surface area contributed by atoms with Gasteiger partial charge in [-0.25, -0.2) is 0 Å². The zero-order chi connectivity index (χ0) is 15.7. The van der Waals surface area contributed by atoms with Gasteiger partial charge in [0.1, 0.15) is 12.4 Å². The summed E-state index contributed by atoms with van der Waals surface area (Å²) in [6, 6.07) is 12.4. The van der Waals surface area contributed by atoms with Crippen molar-refractivity contribution in [2.24, 2.45) is 0 Å². The van der Waals surface area contributed by atoms with E-state index in [9.17, 15) is 0 Å². The Kier molecular flexibility index (Phi) is 6.01. The number of benzene rings is 1. The largest absolute Gasteiger partial charge is 0.489 e. The fourth-order valence-electron chi connectivity index (χ4n) is 2.77. The van der Waals surface area contributed by atoms with E-state index >= 15 is 0 Å². The van der Waals surface area contributed by atoms with Gasteiger partial charge in [0.25, 0.3) is 0 Å². The molecule has 23 heavy (non-hydrogen) atoms. The van der Waals surface area contributed by atoms with E-state index in [0.717, 1.165) is 50.6 Å². The van der Waals surface area contributed by atoms with Crippen LogP contribution in [0.25, 0.3) is 0 Å². The molecule has 0 amide bonds. The summed E-state index contributed by atoms with van der Waals surface area (Å²) in [6.45, 7) is 5.58. The lowest BCUT2D eigenvalue weighted by Crippen LogP contribution is -2.36. The van der Waals surface area contributed by atoms with E-state index in [0.29, 0.717) is 6.61 Å². The number of rotatable bonds is 7. The first-order valence-electron chi connectivity index (χ1n) is 8.31. The van der Waals surface area contributed by atoms with Gasteiger partial charge in [0.2, 0.25) is 0 Å². The molecule has 4 nitrogen and oxygen atoms in total. The number of hydrogen-bond acceptors (Lipinski definition) is 4. The normalized spacial score (nSPS) is 15.5. The first-order valence-corrected chi connectivity index (χ1v) is 8.31. The van der Waals surface area contributed by atoms with Crippen LogP contribution in [0.2, 0.25) is 0 Å². The Morgan fingerprint density at radius 3 is 2.78 bits per heavy atom. The number of morpholine rings is 1. The van der Waals surface area contributed by atoms with Crippen molar-refractivity contribution in [1.82, 2.24) is 9.88 Å². The molecule has 1 aliphatic heterocycles. The highest BCUT2D eigenvalue weighted by atomic mass is 16.5. The summed E-state index contributed by atoms with van der Waals surface area (Å²) in [4.78, 5) is 6.58. The summed E-state index contributed by atoms with van der Waals surface area (Å²) >= 11 is 0. The molecule has 0 saturated carbocycles. The van der Waals surface area contributed by atoms with Gasteiger partial charge >= 0.3 is 0 Å². The molecule has 0 aliphatic carbocycles. The van der Waals surface area contributed by atoms with Crippen molar-refractivity contribution in [1.29, 1.82) is 0 Å². The monoisotopic (exact) mass is 312 g/mol. The summed E-state index contributed by atoms with van der Waals surface area (Å²) in [5.74, 6) is 0.928. The maximum absolute atomic E-state index is 5.86. The van der Waals surface area contributed by atoms with Gasteiger partial charge in [-0.1, -0.05) is 18.2 Å². The number of pyridine rings is 1. The van der Waals surface area contributed by atoms with E-state index in [2.05, 4.69) is 28.1 Å². The highest BCUT2D eigenvalue weighted by molar-refractivity contribution is 5.29. The summed E-state index contributed by atoms with van der Waals surface area (Å²) < 4.78 is 11.2. The third-order valence-corrected chi connectivity index (χ3v) is 4.07. The van der Waals surface area contributed by atoms with Gasteiger partial charge in [0.05, 0.1) is 13.2 Å². The second kappa shape index (κ2) is 8.65. The second-order valence-electron chi connectivity index (χ2n) is 5.85. The van der Waals surface area contributed by atoms with E-state index in [1.807, 2.05) is 24.4 Å². The predicted octanol–water partition coefficient (Wildman–Crippen LogP) is 2.93. The second-order valence-corrected chi connectivity index (χ2v) is 5.85. The molecule has 2 aromatic rings. The molecule has 0 spiro atoms. The minimum absolute atomic E-state index is 0.561. The van der Waals surface area contributed by atoms with E-state index in [4.69, 9.17) is 9.47 Å². The van der Waals surface area contributed by atoms with E-state index < -0.39 is 0 Å².